The molecular formula is C21H26N4O4. The minimum atomic E-state index is -0.433. The number of nitrogens with one attached hydrogen (secondary N) is 1. The van der Waals surface area contributed by atoms with Crippen molar-refractivity contribution in [2.24, 2.45) is 5.41 Å². The zero-order valence-corrected chi connectivity index (χ0v) is 17.0. The Morgan fingerprint density at radius 2 is 2.10 bits per heavy atom. The highest BCUT2D eigenvalue weighted by molar-refractivity contribution is 5.83. The molecule has 29 heavy (non-hydrogen) atoms. The highest BCUT2D eigenvalue weighted by Gasteiger charge is 2.36. The van der Waals surface area contributed by atoms with Crippen LogP contribution in [0.25, 0.3) is 5.69 Å². The maximum Gasteiger partial charge on any atom is 0.410 e. The van der Waals surface area contributed by atoms with Gasteiger partial charge in [0.2, 0.25) is 5.91 Å². The molecule has 2 heterocycles. The smallest absolute Gasteiger partial charge is 0.410 e. The number of ether oxygens (including phenoxy) is 2. The van der Waals surface area contributed by atoms with Gasteiger partial charge in [-0.15, -0.1) is 0 Å². The predicted octanol–water partition coefficient (Wildman–Crippen LogP) is 2.46. The Morgan fingerprint density at radius 3 is 2.76 bits per heavy atom. The molecule has 1 atom stereocenters. The summed E-state index contributed by atoms with van der Waals surface area (Å²) in [4.78, 5) is 25.6. The third kappa shape index (κ3) is 3.92. The van der Waals surface area contributed by atoms with Gasteiger partial charge in [-0.05, 0) is 42.5 Å². The van der Waals surface area contributed by atoms with Gasteiger partial charge in [-0.2, -0.15) is 5.10 Å². The first kappa shape index (κ1) is 19.3. The molecule has 154 valence electrons. The third-order valence-electron chi connectivity index (χ3n) is 5.51. The van der Waals surface area contributed by atoms with Crippen molar-refractivity contribution >= 4 is 12.0 Å². The molecule has 1 aliphatic heterocycles. The Morgan fingerprint density at radius 1 is 1.34 bits per heavy atom. The molecule has 0 bridgehead atoms. The topological polar surface area (TPSA) is 85.7 Å². The minimum absolute atomic E-state index is 0.00176. The van der Waals surface area contributed by atoms with Gasteiger partial charge in [0.25, 0.3) is 0 Å². The first-order chi connectivity index (χ1) is 13.9. The number of carbonyl (C=O) groups excluding carboxylic acids is 2. The molecule has 8 nitrogen and oxygen atoms in total. The molecule has 1 aromatic carbocycles. The van der Waals surface area contributed by atoms with Crippen molar-refractivity contribution in [2.75, 3.05) is 26.8 Å². The highest BCUT2D eigenvalue weighted by Crippen LogP contribution is 2.41. The minimum Gasteiger partial charge on any atom is -0.497 e. The summed E-state index contributed by atoms with van der Waals surface area (Å²) in [5.41, 5.74) is 3.08. The van der Waals surface area contributed by atoms with Crippen LogP contribution in [0.15, 0.2) is 30.5 Å². The Hall–Kier alpha value is -3.03. The van der Waals surface area contributed by atoms with E-state index in [9.17, 15) is 9.59 Å². The molecule has 1 aliphatic carbocycles. The van der Waals surface area contributed by atoms with Crippen LogP contribution in [-0.2, 0) is 16.0 Å². The maximum atomic E-state index is 12.6. The summed E-state index contributed by atoms with van der Waals surface area (Å²) >= 11 is 0. The molecule has 1 aromatic heterocycles. The molecule has 1 fully saturated rings. The van der Waals surface area contributed by atoms with Crippen molar-refractivity contribution in [3.05, 3.63) is 41.7 Å². The van der Waals surface area contributed by atoms with Crippen LogP contribution in [-0.4, -0.2) is 53.5 Å². The normalized spacial score (nSPS) is 20.2. The van der Waals surface area contributed by atoms with E-state index in [1.807, 2.05) is 35.1 Å². The number of rotatable bonds is 5. The number of cyclic esters (lactones) is 1. The first-order valence-electron chi connectivity index (χ1n) is 9.78. The lowest BCUT2D eigenvalue weighted by Crippen LogP contribution is -2.42. The van der Waals surface area contributed by atoms with Crippen molar-refractivity contribution in [3.8, 4) is 11.4 Å². The second-order valence-electron chi connectivity index (χ2n) is 8.36. The summed E-state index contributed by atoms with van der Waals surface area (Å²) in [6.07, 6.45) is 3.07. The summed E-state index contributed by atoms with van der Waals surface area (Å²) < 4.78 is 12.1. The first-order valence-corrected chi connectivity index (χ1v) is 9.78. The van der Waals surface area contributed by atoms with Gasteiger partial charge in [0.05, 0.1) is 37.3 Å². The van der Waals surface area contributed by atoms with E-state index >= 15 is 0 Å². The quantitative estimate of drug-likeness (QED) is 0.836. The zero-order chi connectivity index (χ0) is 20.6. The average Bonchev–Trinajstić information content (AvgIpc) is 3.27. The summed E-state index contributed by atoms with van der Waals surface area (Å²) in [5.74, 6) is 0.607. The van der Waals surface area contributed by atoms with Gasteiger partial charge in [0, 0.05) is 5.56 Å². The fraction of sp³-hybridized carbons (Fsp3) is 0.476. The molecule has 4 rings (SSSR count). The van der Waals surface area contributed by atoms with Crippen molar-refractivity contribution in [1.82, 2.24) is 20.0 Å². The molecule has 0 unspecified atom stereocenters. The van der Waals surface area contributed by atoms with E-state index in [0.717, 1.165) is 35.5 Å². The van der Waals surface area contributed by atoms with Gasteiger partial charge in [0.1, 0.15) is 18.9 Å². The zero-order valence-electron chi connectivity index (χ0n) is 17.0. The molecule has 2 aliphatic rings. The SMILES string of the molecule is COc1ccc(-n2ncc3c2CC(C)(C)C[C@@H]3NC(=O)CN2CCOC2=O)cc1. The summed E-state index contributed by atoms with van der Waals surface area (Å²) in [6.45, 7) is 5.18. The molecular weight excluding hydrogens is 372 g/mol. The number of methoxy groups -OCH3 is 1. The maximum absolute atomic E-state index is 12.6. The molecule has 2 amide bonds. The Kier molecular flexibility index (Phi) is 4.94. The van der Waals surface area contributed by atoms with Crippen LogP contribution in [0.2, 0.25) is 0 Å². The number of benzene rings is 1. The molecule has 1 N–H and O–H groups in total. The number of fused-ring (bicyclic) bond motifs is 1. The molecule has 0 saturated carbocycles. The van der Waals surface area contributed by atoms with E-state index in [2.05, 4.69) is 24.3 Å². The summed E-state index contributed by atoms with van der Waals surface area (Å²) in [7, 11) is 1.64. The Bertz CT molecular complexity index is 919. The van der Waals surface area contributed by atoms with Crippen LogP contribution in [0.3, 0.4) is 0 Å². The van der Waals surface area contributed by atoms with E-state index in [1.54, 1.807) is 7.11 Å². The standard InChI is InChI=1S/C21H26N4O4/c1-21(2)10-17(23-19(26)13-24-8-9-29-20(24)27)16-12-22-25(18(16)11-21)14-4-6-15(28-3)7-5-14/h4-7,12,17H,8-11,13H2,1-3H3,(H,23,26)/t17-/m0/s1. The summed E-state index contributed by atoms with van der Waals surface area (Å²) in [5, 5.41) is 7.70. The third-order valence-corrected chi connectivity index (χ3v) is 5.51. The van der Waals surface area contributed by atoms with Crippen LogP contribution in [0.4, 0.5) is 4.79 Å². The number of carbonyl (C=O) groups is 2. The van der Waals surface area contributed by atoms with E-state index in [4.69, 9.17) is 9.47 Å². The lowest BCUT2D eigenvalue weighted by Gasteiger charge is -2.36. The predicted molar refractivity (Wildman–Crippen MR) is 106 cm³/mol. The lowest BCUT2D eigenvalue weighted by atomic mass is 9.74. The van der Waals surface area contributed by atoms with Crippen molar-refractivity contribution in [3.63, 3.8) is 0 Å². The largest absolute Gasteiger partial charge is 0.497 e. The van der Waals surface area contributed by atoms with Gasteiger partial charge in [-0.1, -0.05) is 13.8 Å². The fourth-order valence-electron chi connectivity index (χ4n) is 4.10. The molecule has 1 saturated heterocycles. The van der Waals surface area contributed by atoms with Crippen LogP contribution in [0.5, 0.6) is 5.75 Å². The van der Waals surface area contributed by atoms with Gasteiger partial charge >= 0.3 is 6.09 Å². The molecule has 8 heteroatoms. The highest BCUT2D eigenvalue weighted by atomic mass is 16.6. The lowest BCUT2D eigenvalue weighted by molar-refractivity contribution is -0.122. The molecule has 0 spiro atoms. The van der Waals surface area contributed by atoms with Gasteiger partial charge in [-0.3, -0.25) is 9.69 Å². The van der Waals surface area contributed by atoms with E-state index in [0.29, 0.717) is 13.2 Å². The number of aromatic nitrogens is 2. The number of nitrogens with zero attached hydrogens (tertiary/aromatic N) is 3. The van der Waals surface area contributed by atoms with Gasteiger partial charge < -0.3 is 14.8 Å². The Balaban J connectivity index is 1.57. The van der Waals surface area contributed by atoms with Crippen molar-refractivity contribution in [1.29, 1.82) is 0 Å². The summed E-state index contributed by atoms with van der Waals surface area (Å²) in [6, 6.07) is 7.62. The average molecular weight is 398 g/mol. The second-order valence-corrected chi connectivity index (χ2v) is 8.36. The number of hydrogen-bond acceptors (Lipinski definition) is 5. The molecule has 2 aromatic rings. The fourth-order valence-corrected chi connectivity index (χ4v) is 4.10. The van der Waals surface area contributed by atoms with Crippen molar-refractivity contribution in [2.45, 2.75) is 32.7 Å². The van der Waals surface area contributed by atoms with Crippen LogP contribution < -0.4 is 10.1 Å². The van der Waals surface area contributed by atoms with E-state index in [-0.39, 0.29) is 23.9 Å². The van der Waals surface area contributed by atoms with Crippen LogP contribution in [0, 0.1) is 5.41 Å². The van der Waals surface area contributed by atoms with Gasteiger partial charge in [-0.25, -0.2) is 9.48 Å². The van der Waals surface area contributed by atoms with Gasteiger partial charge in [0.15, 0.2) is 0 Å². The van der Waals surface area contributed by atoms with Crippen LogP contribution in [0.1, 0.15) is 37.6 Å². The monoisotopic (exact) mass is 398 g/mol. The molecule has 0 radical (unpaired) electrons. The number of hydrogen-bond donors (Lipinski definition) is 1. The van der Waals surface area contributed by atoms with Crippen LogP contribution >= 0.6 is 0 Å². The van der Waals surface area contributed by atoms with E-state index in [1.165, 1.54) is 4.90 Å². The Labute approximate surface area is 169 Å². The second kappa shape index (κ2) is 7.42. The van der Waals surface area contributed by atoms with E-state index < -0.39 is 6.09 Å². The van der Waals surface area contributed by atoms with Crippen molar-refractivity contribution < 1.29 is 19.1 Å². The number of amides is 2.